The molecule has 1 heterocycles. The van der Waals surface area contributed by atoms with E-state index in [0.29, 0.717) is 40.5 Å². The van der Waals surface area contributed by atoms with Crippen LogP contribution < -0.4 is 20.1 Å². The maximum atomic E-state index is 12.9. The summed E-state index contributed by atoms with van der Waals surface area (Å²) >= 11 is 0. The second-order valence-corrected chi connectivity index (χ2v) is 8.42. The zero-order valence-electron chi connectivity index (χ0n) is 21.0. The molecule has 1 saturated heterocycles. The highest BCUT2D eigenvalue weighted by atomic mass is 16.5. The normalized spacial score (nSPS) is 12.6. The van der Waals surface area contributed by atoms with Crippen LogP contribution in [-0.4, -0.2) is 49.0 Å². The molecule has 3 aromatic rings. The van der Waals surface area contributed by atoms with Crippen LogP contribution >= 0.6 is 0 Å². The summed E-state index contributed by atoms with van der Waals surface area (Å²) in [7, 11) is 1.47. The van der Waals surface area contributed by atoms with Gasteiger partial charge in [-0.1, -0.05) is 18.2 Å². The van der Waals surface area contributed by atoms with E-state index >= 15 is 0 Å². The van der Waals surface area contributed by atoms with Gasteiger partial charge in [-0.15, -0.1) is 0 Å². The van der Waals surface area contributed by atoms with Crippen molar-refractivity contribution in [3.05, 3.63) is 89.0 Å². The number of hydrogen-bond donors (Lipinski definition) is 2. The van der Waals surface area contributed by atoms with Gasteiger partial charge in [0.15, 0.2) is 0 Å². The minimum Gasteiger partial charge on any atom is -0.496 e. The van der Waals surface area contributed by atoms with Crippen LogP contribution in [0.1, 0.15) is 38.8 Å². The second kappa shape index (κ2) is 11.9. The molecule has 1 aliphatic rings. The van der Waals surface area contributed by atoms with Crippen molar-refractivity contribution >= 4 is 23.8 Å². The van der Waals surface area contributed by atoms with Gasteiger partial charge in [-0.3, -0.25) is 14.9 Å². The zero-order chi connectivity index (χ0) is 27.1. The van der Waals surface area contributed by atoms with E-state index in [-0.39, 0.29) is 37.4 Å². The highest BCUT2D eigenvalue weighted by Gasteiger charge is 2.27. The molecule has 10 heteroatoms. The molecule has 1 aliphatic heterocycles. The third-order valence-corrected chi connectivity index (χ3v) is 5.73. The Balaban J connectivity index is 1.35. The molecular weight excluding hydrogens is 490 g/mol. The number of benzene rings is 3. The topological polar surface area (TPSA) is 123 Å². The fourth-order valence-electron chi connectivity index (χ4n) is 3.82. The SMILES string of the molecule is CCOC(=O)c1ccc(Oc2ccc(CNC(=O)c3cc(CN4CC(=O)NC4=O)ccc3OC)cc2)cc1. The number of methoxy groups -OCH3 is 1. The van der Waals surface area contributed by atoms with E-state index in [9.17, 15) is 19.2 Å². The molecule has 196 valence electrons. The number of carbonyl (C=O) groups is 4. The van der Waals surface area contributed by atoms with E-state index in [1.165, 1.54) is 12.0 Å². The minimum absolute atomic E-state index is 0.0228. The van der Waals surface area contributed by atoms with Crippen molar-refractivity contribution in [2.24, 2.45) is 0 Å². The Labute approximate surface area is 219 Å². The first kappa shape index (κ1) is 26.2. The van der Waals surface area contributed by atoms with E-state index < -0.39 is 6.03 Å². The van der Waals surface area contributed by atoms with Crippen LogP contribution in [0.25, 0.3) is 0 Å². The number of rotatable bonds is 10. The number of carbonyl (C=O) groups excluding carboxylic acids is 4. The summed E-state index contributed by atoms with van der Waals surface area (Å²) in [5.41, 5.74) is 2.31. The maximum absolute atomic E-state index is 12.9. The highest BCUT2D eigenvalue weighted by molar-refractivity contribution is 6.02. The van der Waals surface area contributed by atoms with Crippen molar-refractivity contribution < 1.29 is 33.4 Å². The number of ether oxygens (including phenoxy) is 3. The van der Waals surface area contributed by atoms with Gasteiger partial charge in [-0.05, 0) is 66.6 Å². The van der Waals surface area contributed by atoms with E-state index in [0.717, 1.165) is 5.56 Å². The van der Waals surface area contributed by atoms with Crippen LogP contribution in [0.15, 0.2) is 66.7 Å². The third kappa shape index (κ3) is 6.47. The van der Waals surface area contributed by atoms with E-state index in [4.69, 9.17) is 14.2 Å². The lowest BCUT2D eigenvalue weighted by Crippen LogP contribution is -2.28. The van der Waals surface area contributed by atoms with Gasteiger partial charge in [-0.2, -0.15) is 0 Å². The Morgan fingerprint density at radius 1 is 0.947 bits per heavy atom. The number of nitrogens with zero attached hydrogens (tertiary/aromatic N) is 1. The Kier molecular flexibility index (Phi) is 8.22. The first-order valence-electron chi connectivity index (χ1n) is 11.9. The predicted octanol–water partition coefficient (Wildman–Crippen LogP) is 3.65. The molecular formula is C28H27N3O7. The number of nitrogens with one attached hydrogen (secondary N) is 2. The summed E-state index contributed by atoms with van der Waals surface area (Å²) in [5.74, 6) is 0.485. The van der Waals surface area contributed by atoms with E-state index in [1.54, 1.807) is 61.5 Å². The smallest absolute Gasteiger partial charge is 0.338 e. The van der Waals surface area contributed by atoms with Crippen LogP contribution in [0.3, 0.4) is 0 Å². The van der Waals surface area contributed by atoms with Gasteiger partial charge in [-0.25, -0.2) is 9.59 Å². The number of amides is 4. The van der Waals surface area contributed by atoms with E-state index in [1.807, 2.05) is 12.1 Å². The Hall–Kier alpha value is -4.86. The Bertz CT molecular complexity index is 1340. The number of esters is 1. The maximum Gasteiger partial charge on any atom is 0.338 e. The summed E-state index contributed by atoms with van der Waals surface area (Å²) in [6, 6.07) is 18.5. The van der Waals surface area contributed by atoms with Crippen molar-refractivity contribution in [2.75, 3.05) is 20.3 Å². The molecule has 0 aliphatic carbocycles. The quantitative estimate of drug-likeness (QED) is 0.311. The van der Waals surface area contributed by atoms with Crippen molar-refractivity contribution in [1.29, 1.82) is 0 Å². The molecule has 4 rings (SSSR count). The lowest BCUT2D eigenvalue weighted by molar-refractivity contribution is -0.118. The van der Waals surface area contributed by atoms with Gasteiger partial charge in [0.25, 0.3) is 5.91 Å². The van der Waals surface area contributed by atoms with Crippen molar-refractivity contribution in [1.82, 2.24) is 15.5 Å². The van der Waals surface area contributed by atoms with Gasteiger partial charge in [0.1, 0.15) is 23.8 Å². The molecule has 10 nitrogen and oxygen atoms in total. The van der Waals surface area contributed by atoms with Crippen LogP contribution in [0.4, 0.5) is 4.79 Å². The molecule has 0 radical (unpaired) electrons. The first-order valence-corrected chi connectivity index (χ1v) is 11.9. The van der Waals surface area contributed by atoms with Crippen molar-refractivity contribution in [3.8, 4) is 17.2 Å². The third-order valence-electron chi connectivity index (χ3n) is 5.73. The molecule has 1 fully saturated rings. The summed E-state index contributed by atoms with van der Waals surface area (Å²) in [6.07, 6.45) is 0. The molecule has 38 heavy (non-hydrogen) atoms. The van der Waals surface area contributed by atoms with Gasteiger partial charge in [0.2, 0.25) is 5.91 Å². The van der Waals surface area contributed by atoms with Crippen molar-refractivity contribution in [2.45, 2.75) is 20.0 Å². The monoisotopic (exact) mass is 517 g/mol. The van der Waals surface area contributed by atoms with Crippen molar-refractivity contribution in [3.63, 3.8) is 0 Å². The predicted molar refractivity (Wildman–Crippen MR) is 137 cm³/mol. The minimum atomic E-state index is -0.460. The fraction of sp³-hybridized carbons (Fsp3) is 0.214. The summed E-state index contributed by atoms with van der Waals surface area (Å²) in [6.45, 7) is 2.50. The standard InChI is InChI=1S/C28H27N3O7/c1-3-37-27(34)20-7-11-22(12-8-20)38-21-9-4-18(5-10-21)15-29-26(33)23-14-19(6-13-24(23)36-2)16-31-17-25(32)30-28(31)35/h4-14H,3,15-17H2,1-2H3,(H,29,33)(H,30,32,35). The summed E-state index contributed by atoms with van der Waals surface area (Å²) in [5, 5.41) is 5.10. The highest BCUT2D eigenvalue weighted by Crippen LogP contribution is 2.24. The number of hydrogen-bond acceptors (Lipinski definition) is 7. The summed E-state index contributed by atoms with van der Waals surface area (Å²) in [4.78, 5) is 49.3. The van der Waals surface area contributed by atoms with Gasteiger partial charge in [0.05, 0.1) is 24.8 Å². The largest absolute Gasteiger partial charge is 0.496 e. The molecule has 0 bridgehead atoms. The molecule has 2 N–H and O–H groups in total. The van der Waals surface area contributed by atoms with Crippen LogP contribution in [0, 0.1) is 0 Å². The van der Waals surface area contributed by atoms with Crippen LogP contribution in [-0.2, 0) is 22.6 Å². The van der Waals surface area contributed by atoms with E-state index in [2.05, 4.69) is 10.6 Å². The number of imide groups is 1. The van der Waals surface area contributed by atoms with Gasteiger partial charge < -0.3 is 24.4 Å². The lowest BCUT2D eigenvalue weighted by atomic mass is 10.1. The molecule has 0 saturated carbocycles. The van der Waals surface area contributed by atoms with Crippen LogP contribution in [0.5, 0.6) is 17.2 Å². The molecule has 0 atom stereocenters. The number of urea groups is 1. The van der Waals surface area contributed by atoms with Gasteiger partial charge in [0, 0.05) is 13.1 Å². The fourth-order valence-corrected chi connectivity index (χ4v) is 3.82. The molecule has 0 spiro atoms. The van der Waals surface area contributed by atoms with Crippen LogP contribution in [0.2, 0.25) is 0 Å². The Morgan fingerprint density at radius 2 is 1.61 bits per heavy atom. The van der Waals surface area contributed by atoms with Gasteiger partial charge >= 0.3 is 12.0 Å². The molecule has 4 amide bonds. The average Bonchev–Trinajstić information content (AvgIpc) is 3.24. The molecule has 0 unspecified atom stereocenters. The Morgan fingerprint density at radius 3 is 2.21 bits per heavy atom. The first-order chi connectivity index (χ1) is 18.4. The zero-order valence-corrected chi connectivity index (χ0v) is 21.0. The second-order valence-electron chi connectivity index (χ2n) is 8.42. The average molecular weight is 518 g/mol. The molecule has 3 aromatic carbocycles. The summed E-state index contributed by atoms with van der Waals surface area (Å²) < 4.78 is 16.1. The molecule has 0 aromatic heterocycles. The lowest BCUT2D eigenvalue weighted by Gasteiger charge is -2.15.